The molecular formula is C12H12ClNO3S. The third-order valence-corrected chi connectivity index (χ3v) is 3.22. The standard InChI is InChI=1S/C12H12ClNO3S/c1-2-7-14(11(15)5-6-12(16)17)8-9-3-4-10(13)18-9/h2-6H,1,7-8H2,(H,16,17)/b6-5+. The van der Waals surface area contributed by atoms with E-state index in [1.807, 2.05) is 6.07 Å². The van der Waals surface area contributed by atoms with Gasteiger partial charge in [0.05, 0.1) is 10.9 Å². The number of carbonyl (C=O) groups excluding carboxylic acids is 1. The summed E-state index contributed by atoms with van der Waals surface area (Å²) in [5.41, 5.74) is 0. The number of hydrogen-bond acceptors (Lipinski definition) is 3. The quantitative estimate of drug-likeness (QED) is 0.645. The predicted octanol–water partition coefficient (Wildman–Crippen LogP) is 2.56. The molecule has 0 atom stereocenters. The van der Waals surface area contributed by atoms with Gasteiger partial charge in [0.1, 0.15) is 0 Å². The van der Waals surface area contributed by atoms with Gasteiger partial charge in [0, 0.05) is 23.6 Å². The van der Waals surface area contributed by atoms with Crippen LogP contribution in [0.1, 0.15) is 4.88 Å². The predicted molar refractivity (Wildman–Crippen MR) is 71.7 cm³/mol. The van der Waals surface area contributed by atoms with Crippen LogP contribution < -0.4 is 0 Å². The fraction of sp³-hybridized carbons (Fsp3) is 0.167. The number of nitrogens with zero attached hydrogens (tertiary/aromatic N) is 1. The largest absolute Gasteiger partial charge is 0.478 e. The Hall–Kier alpha value is -1.59. The summed E-state index contributed by atoms with van der Waals surface area (Å²) in [7, 11) is 0. The number of aliphatic carboxylic acids is 1. The first kappa shape index (κ1) is 14.5. The fourth-order valence-electron chi connectivity index (χ4n) is 1.26. The van der Waals surface area contributed by atoms with Crippen molar-refractivity contribution in [1.82, 2.24) is 4.90 Å². The van der Waals surface area contributed by atoms with Gasteiger partial charge in [-0.05, 0) is 12.1 Å². The lowest BCUT2D eigenvalue weighted by atomic mass is 10.3. The van der Waals surface area contributed by atoms with Gasteiger partial charge in [0.15, 0.2) is 0 Å². The van der Waals surface area contributed by atoms with E-state index in [0.29, 0.717) is 17.4 Å². The van der Waals surface area contributed by atoms with Crippen LogP contribution in [0.5, 0.6) is 0 Å². The van der Waals surface area contributed by atoms with E-state index < -0.39 is 5.97 Å². The second kappa shape index (κ2) is 6.98. The molecule has 0 aliphatic carbocycles. The number of thiophene rings is 1. The summed E-state index contributed by atoms with van der Waals surface area (Å²) in [5.74, 6) is -1.53. The molecule has 0 aliphatic heterocycles. The van der Waals surface area contributed by atoms with Crippen molar-refractivity contribution >= 4 is 34.8 Å². The van der Waals surface area contributed by atoms with Crippen molar-refractivity contribution in [3.8, 4) is 0 Å². The normalized spacial score (nSPS) is 10.5. The molecule has 1 amide bonds. The van der Waals surface area contributed by atoms with E-state index in [-0.39, 0.29) is 5.91 Å². The van der Waals surface area contributed by atoms with Crippen molar-refractivity contribution in [2.24, 2.45) is 0 Å². The Kier molecular flexibility index (Phi) is 5.61. The Bertz CT molecular complexity index is 481. The average molecular weight is 286 g/mol. The fourth-order valence-corrected chi connectivity index (χ4v) is 2.36. The molecule has 6 heteroatoms. The van der Waals surface area contributed by atoms with Gasteiger partial charge in [0.25, 0.3) is 0 Å². The van der Waals surface area contributed by atoms with Gasteiger partial charge in [-0.1, -0.05) is 17.7 Å². The Morgan fingerprint density at radius 2 is 2.17 bits per heavy atom. The molecule has 0 aliphatic rings. The van der Waals surface area contributed by atoms with Crippen molar-refractivity contribution in [2.75, 3.05) is 6.54 Å². The van der Waals surface area contributed by atoms with Crippen LogP contribution in [0.4, 0.5) is 0 Å². The van der Waals surface area contributed by atoms with Crippen molar-refractivity contribution in [1.29, 1.82) is 0 Å². The van der Waals surface area contributed by atoms with E-state index in [1.165, 1.54) is 16.2 Å². The van der Waals surface area contributed by atoms with Crippen molar-refractivity contribution < 1.29 is 14.7 Å². The summed E-state index contributed by atoms with van der Waals surface area (Å²) in [6.07, 6.45) is 3.43. The Morgan fingerprint density at radius 3 is 2.67 bits per heavy atom. The number of carboxylic acid groups (broad SMARTS) is 1. The van der Waals surface area contributed by atoms with E-state index in [4.69, 9.17) is 16.7 Å². The molecule has 0 aromatic carbocycles. The number of rotatable bonds is 6. The van der Waals surface area contributed by atoms with E-state index in [9.17, 15) is 9.59 Å². The molecular weight excluding hydrogens is 274 g/mol. The molecule has 1 aromatic rings. The van der Waals surface area contributed by atoms with Crippen LogP contribution in [0.25, 0.3) is 0 Å². The number of halogens is 1. The highest BCUT2D eigenvalue weighted by Crippen LogP contribution is 2.22. The van der Waals surface area contributed by atoms with Gasteiger partial charge >= 0.3 is 5.97 Å². The molecule has 96 valence electrons. The zero-order valence-electron chi connectivity index (χ0n) is 9.51. The maximum absolute atomic E-state index is 11.7. The first-order valence-electron chi connectivity index (χ1n) is 5.08. The molecule has 4 nitrogen and oxygen atoms in total. The lowest BCUT2D eigenvalue weighted by Crippen LogP contribution is -2.28. The minimum atomic E-state index is -1.15. The number of carboxylic acids is 1. The highest BCUT2D eigenvalue weighted by atomic mass is 35.5. The van der Waals surface area contributed by atoms with Gasteiger partial charge in [-0.2, -0.15) is 0 Å². The van der Waals surface area contributed by atoms with Crippen LogP contribution in [0.2, 0.25) is 4.34 Å². The van der Waals surface area contributed by atoms with Crippen LogP contribution in [-0.4, -0.2) is 28.4 Å². The molecule has 1 aromatic heterocycles. The molecule has 0 saturated heterocycles. The highest BCUT2D eigenvalue weighted by Gasteiger charge is 2.11. The van der Waals surface area contributed by atoms with Crippen LogP contribution >= 0.6 is 22.9 Å². The lowest BCUT2D eigenvalue weighted by Gasteiger charge is -2.18. The van der Waals surface area contributed by atoms with E-state index in [2.05, 4.69) is 6.58 Å². The van der Waals surface area contributed by atoms with Crippen LogP contribution in [0.3, 0.4) is 0 Å². The minimum Gasteiger partial charge on any atom is -0.478 e. The number of hydrogen-bond donors (Lipinski definition) is 1. The molecule has 0 spiro atoms. The van der Waals surface area contributed by atoms with E-state index in [0.717, 1.165) is 17.0 Å². The van der Waals surface area contributed by atoms with Crippen LogP contribution in [0.15, 0.2) is 36.9 Å². The average Bonchev–Trinajstić information content (AvgIpc) is 2.71. The van der Waals surface area contributed by atoms with Gasteiger partial charge < -0.3 is 10.0 Å². The van der Waals surface area contributed by atoms with Crippen LogP contribution in [0, 0.1) is 0 Å². The lowest BCUT2D eigenvalue weighted by molar-refractivity contribution is -0.132. The van der Waals surface area contributed by atoms with E-state index in [1.54, 1.807) is 12.1 Å². The first-order chi connectivity index (χ1) is 8.52. The Morgan fingerprint density at radius 1 is 1.44 bits per heavy atom. The molecule has 1 heterocycles. The van der Waals surface area contributed by atoms with Crippen molar-refractivity contribution in [3.63, 3.8) is 0 Å². The number of carbonyl (C=O) groups is 2. The third-order valence-electron chi connectivity index (χ3n) is 2.01. The summed E-state index contributed by atoms with van der Waals surface area (Å²) in [5, 5.41) is 8.47. The monoisotopic (exact) mass is 285 g/mol. The second-order valence-electron chi connectivity index (χ2n) is 3.38. The van der Waals surface area contributed by atoms with Crippen molar-refractivity contribution in [3.05, 3.63) is 46.2 Å². The second-order valence-corrected chi connectivity index (χ2v) is 5.18. The molecule has 18 heavy (non-hydrogen) atoms. The Labute approximate surface area is 114 Å². The minimum absolute atomic E-state index is 0.346. The summed E-state index contributed by atoms with van der Waals surface area (Å²) in [6, 6.07) is 3.59. The van der Waals surface area contributed by atoms with Gasteiger partial charge in [-0.25, -0.2) is 4.79 Å². The van der Waals surface area contributed by atoms with Gasteiger partial charge in [-0.3, -0.25) is 4.79 Å². The molecule has 0 radical (unpaired) electrons. The zero-order chi connectivity index (χ0) is 13.5. The number of amides is 1. The van der Waals surface area contributed by atoms with Gasteiger partial charge in [-0.15, -0.1) is 17.9 Å². The summed E-state index contributed by atoms with van der Waals surface area (Å²) in [4.78, 5) is 24.5. The molecule has 1 rings (SSSR count). The summed E-state index contributed by atoms with van der Waals surface area (Å²) < 4.78 is 0.650. The summed E-state index contributed by atoms with van der Waals surface area (Å²) >= 11 is 7.19. The molecule has 0 bridgehead atoms. The maximum Gasteiger partial charge on any atom is 0.328 e. The molecule has 1 N–H and O–H groups in total. The Balaban J connectivity index is 2.72. The van der Waals surface area contributed by atoms with Crippen molar-refractivity contribution in [2.45, 2.75) is 6.54 Å². The molecule has 0 fully saturated rings. The van der Waals surface area contributed by atoms with Gasteiger partial charge in [0.2, 0.25) is 5.91 Å². The van der Waals surface area contributed by atoms with E-state index >= 15 is 0 Å². The first-order valence-corrected chi connectivity index (χ1v) is 6.27. The highest BCUT2D eigenvalue weighted by molar-refractivity contribution is 7.16. The summed E-state index contributed by atoms with van der Waals surface area (Å²) in [6.45, 7) is 4.29. The molecule has 0 unspecified atom stereocenters. The SMILES string of the molecule is C=CCN(Cc1ccc(Cl)s1)C(=O)/C=C/C(=O)O. The topological polar surface area (TPSA) is 57.6 Å². The molecule has 0 saturated carbocycles. The third kappa shape index (κ3) is 4.73. The smallest absolute Gasteiger partial charge is 0.328 e. The maximum atomic E-state index is 11.7. The zero-order valence-corrected chi connectivity index (χ0v) is 11.1. The van der Waals surface area contributed by atoms with Crippen LogP contribution in [-0.2, 0) is 16.1 Å².